The highest BCUT2D eigenvalue weighted by molar-refractivity contribution is 5.78. The minimum atomic E-state index is -0.210. The van der Waals surface area contributed by atoms with E-state index in [4.69, 9.17) is 0 Å². The molecule has 1 atom stereocenters. The molecule has 2 rings (SSSR count). The van der Waals surface area contributed by atoms with Crippen molar-refractivity contribution in [2.75, 3.05) is 20.1 Å². The third-order valence-electron chi connectivity index (χ3n) is 3.85. The molecule has 19 heavy (non-hydrogen) atoms. The second kappa shape index (κ2) is 5.70. The van der Waals surface area contributed by atoms with E-state index in [9.17, 15) is 9.18 Å². The van der Waals surface area contributed by atoms with Gasteiger partial charge in [0.1, 0.15) is 5.82 Å². The molecule has 1 aromatic carbocycles. The first-order valence-electron chi connectivity index (χ1n) is 6.76. The average molecular weight is 264 g/mol. The van der Waals surface area contributed by atoms with Gasteiger partial charge in [0.15, 0.2) is 0 Å². The first-order valence-corrected chi connectivity index (χ1v) is 6.76. The Morgan fingerprint density at radius 1 is 1.47 bits per heavy atom. The fourth-order valence-electron chi connectivity index (χ4n) is 2.37. The Bertz CT molecular complexity index is 457. The molecule has 1 fully saturated rings. The second-order valence-electron chi connectivity index (χ2n) is 5.47. The molecule has 1 aliphatic rings. The SMILES string of the molecule is CNCC(C)C(=O)NCC1(c2cccc(F)c2)CC1. The van der Waals surface area contributed by atoms with Gasteiger partial charge in [-0.1, -0.05) is 19.1 Å². The van der Waals surface area contributed by atoms with E-state index in [1.54, 1.807) is 12.1 Å². The summed E-state index contributed by atoms with van der Waals surface area (Å²) in [5.41, 5.74) is 0.950. The van der Waals surface area contributed by atoms with Crippen LogP contribution in [0.1, 0.15) is 25.3 Å². The minimum Gasteiger partial charge on any atom is -0.355 e. The van der Waals surface area contributed by atoms with E-state index in [0.29, 0.717) is 13.1 Å². The predicted molar refractivity (Wildman–Crippen MR) is 73.4 cm³/mol. The molecule has 0 radical (unpaired) electrons. The maximum Gasteiger partial charge on any atom is 0.224 e. The Morgan fingerprint density at radius 3 is 2.79 bits per heavy atom. The van der Waals surface area contributed by atoms with Gasteiger partial charge >= 0.3 is 0 Å². The van der Waals surface area contributed by atoms with Crippen LogP contribution in [-0.4, -0.2) is 26.0 Å². The molecule has 4 heteroatoms. The van der Waals surface area contributed by atoms with Gasteiger partial charge in [0.05, 0.1) is 0 Å². The van der Waals surface area contributed by atoms with E-state index in [-0.39, 0.29) is 23.1 Å². The lowest BCUT2D eigenvalue weighted by molar-refractivity contribution is -0.124. The summed E-state index contributed by atoms with van der Waals surface area (Å²) < 4.78 is 13.3. The standard InChI is InChI=1S/C15H21FN2O/c1-11(9-17-2)14(19)18-10-15(6-7-15)12-4-3-5-13(16)8-12/h3-5,8,11,17H,6-7,9-10H2,1-2H3,(H,18,19). The molecule has 0 aliphatic heterocycles. The summed E-state index contributed by atoms with van der Waals surface area (Å²) in [6.45, 7) is 3.16. The Morgan fingerprint density at radius 2 is 2.21 bits per heavy atom. The van der Waals surface area contributed by atoms with Crippen LogP contribution >= 0.6 is 0 Å². The Kier molecular flexibility index (Phi) is 4.20. The molecule has 0 saturated heterocycles. The highest BCUT2D eigenvalue weighted by atomic mass is 19.1. The summed E-state index contributed by atoms with van der Waals surface area (Å²) in [5.74, 6) is -0.205. The monoisotopic (exact) mass is 264 g/mol. The average Bonchev–Trinajstić information content (AvgIpc) is 3.17. The van der Waals surface area contributed by atoms with Crippen LogP contribution in [0.4, 0.5) is 4.39 Å². The maximum atomic E-state index is 13.3. The van der Waals surface area contributed by atoms with Gasteiger partial charge in [0, 0.05) is 24.4 Å². The predicted octanol–water partition coefficient (Wildman–Crippen LogP) is 1.83. The first-order chi connectivity index (χ1) is 9.07. The lowest BCUT2D eigenvalue weighted by atomic mass is 9.95. The summed E-state index contributed by atoms with van der Waals surface area (Å²) in [6.07, 6.45) is 2.02. The smallest absolute Gasteiger partial charge is 0.224 e. The van der Waals surface area contributed by atoms with Gasteiger partial charge in [-0.3, -0.25) is 4.79 Å². The molecule has 1 unspecified atom stereocenters. The second-order valence-corrected chi connectivity index (χ2v) is 5.47. The molecule has 3 nitrogen and oxygen atoms in total. The van der Waals surface area contributed by atoms with Gasteiger partial charge < -0.3 is 10.6 Å². The number of carbonyl (C=O) groups is 1. The summed E-state index contributed by atoms with van der Waals surface area (Å²) in [7, 11) is 1.83. The number of halogens is 1. The number of carbonyl (C=O) groups excluding carboxylic acids is 1. The summed E-state index contributed by atoms with van der Waals surface area (Å²) >= 11 is 0. The summed E-state index contributed by atoms with van der Waals surface area (Å²) in [5, 5.41) is 5.98. The first kappa shape index (κ1) is 14.0. The molecule has 1 aliphatic carbocycles. The third kappa shape index (κ3) is 3.32. The topological polar surface area (TPSA) is 41.1 Å². The van der Waals surface area contributed by atoms with E-state index in [2.05, 4.69) is 10.6 Å². The van der Waals surface area contributed by atoms with Crippen LogP contribution < -0.4 is 10.6 Å². The molecule has 1 saturated carbocycles. The van der Waals surface area contributed by atoms with E-state index >= 15 is 0 Å². The fourth-order valence-corrected chi connectivity index (χ4v) is 2.37. The molecular weight excluding hydrogens is 243 g/mol. The summed E-state index contributed by atoms with van der Waals surface area (Å²) in [4.78, 5) is 11.9. The summed E-state index contributed by atoms with van der Waals surface area (Å²) in [6, 6.07) is 6.71. The number of hydrogen-bond acceptors (Lipinski definition) is 2. The van der Waals surface area contributed by atoms with Crippen molar-refractivity contribution >= 4 is 5.91 Å². The van der Waals surface area contributed by atoms with Crippen LogP contribution in [0.15, 0.2) is 24.3 Å². The lowest BCUT2D eigenvalue weighted by Crippen LogP contribution is -2.38. The van der Waals surface area contributed by atoms with Crippen molar-refractivity contribution in [3.05, 3.63) is 35.6 Å². The zero-order valence-corrected chi connectivity index (χ0v) is 11.5. The van der Waals surface area contributed by atoms with E-state index in [1.807, 2.05) is 20.0 Å². The van der Waals surface area contributed by atoms with Gasteiger partial charge in [0.2, 0.25) is 5.91 Å². The van der Waals surface area contributed by atoms with Gasteiger partial charge in [-0.2, -0.15) is 0 Å². The maximum absolute atomic E-state index is 13.3. The van der Waals surface area contributed by atoms with Crippen molar-refractivity contribution in [3.63, 3.8) is 0 Å². The molecular formula is C15H21FN2O. The highest BCUT2D eigenvalue weighted by Gasteiger charge is 2.44. The minimum absolute atomic E-state index is 0.0445. The molecule has 0 bridgehead atoms. The lowest BCUT2D eigenvalue weighted by Gasteiger charge is -2.18. The zero-order valence-electron chi connectivity index (χ0n) is 11.5. The number of nitrogens with one attached hydrogen (secondary N) is 2. The van der Waals surface area contributed by atoms with E-state index in [0.717, 1.165) is 18.4 Å². The number of amides is 1. The largest absolute Gasteiger partial charge is 0.355 e. The quantitative estimate of drug-likeness (QED) is 0.823. The fraction of sp³-hybridized carbons (Fsp3) is 0.533. The third-order valence-corrected chi connectivity index (χ3v) is 3.85. The van der Waals surface area contributed by atoms with Gasteiger partial charge in [-0.05, 0) is 37.6 Å². The molecule has 0 heterocycles. The van der Waals surface area contributed by atoms with Crippen LogP contribution in [0, 0.1) is 11.7 Å². The molecule has 2 N–H and O–H groups in total. The Hall–Kier alpha value is -1.42. The molecule has 1 amide bonds. The van der Waals surface area contributed by atoms with Crippen LogP contribution in [-0.2, 0) is 10.2 Å². The molecule has 0 aromatic heterocycles. The van der Waals surface area contributed by atoms with Crippen molar-refractivity contribution < 1.29 is 9.18 Å². The zero-order chi connectivity index (χ0) is 13.9. The van der Waals surface area contributed by atoms with Crippen molar-refractivity contribution in [2.24, 2.45) is 5.92 Å². The van der Waals surface area contributed by atoms with Gasteiger partial charge in [-0.25, -0.2) is 4.39 Å². The molecule has 104 valence electrons. The van der Waals surface area contributed by atoms with Gasteiger partial charge in [0.25, 0.3) is 0 Å². The Balaban J connectivity index is 1.94. The van der Waals surface area contributed by atoms with Crippen molar-refractivity contribution in [1.29, 1.82) is 0 Å². The number of benzene rings is 1. The van der Waals surface area contributed by atoms with Crippen LogP contribution in [0.25, 0.3) is 0 Å². The van der Waals surface area contributed by atoms with Crippen molar-refractivity contribution in [1.82, 2.24) is 10.6 Å². The Labute approximate surface area is 113 Å². The highest BCUT2D eigenvalue weighted by Crippen LogP contribution is 2.47. The van der Waals surface area contributed by atoms with Crippen LogP contribution in [0.3, 0.4) is 0 Å². The molecule has 0 spiro atoms. The van der Waals surface area contributed by atoms with Crippen molar-refractivity contribution in [3.8, 4) is 0 Å². The van der Waals surface area contributed by atoms with Crippen LogP contribution in [0.2, 0.25) is 0 Å². The van der Waals surface area contributed by atoms with E-state index < -0.39 is 0 Å². The van der Waals surface area contributed by atoms with Gasteiger partial charge in [-0.15, -0.1) is 0 Å². The van der Waals surface area contributed by atoms with Crippen LogP contribution in [0.5, 0.6) is 0 Å². The number of rotatable bonds is 6. The normalized spacial score (nSPS) is 17.8. The molecule has 1 aromatic rings. The number of hydrogen-bond donors (Lipinski definition) is 2. The van der Waals surface area contributed by atoms with E-state index in [1.165, 1.54) is 6.07 Å². The van der Waals surface area contributed by atoms with Crippen molar-refractivity contribution in [2.45, 2.75) is 25.2 Å².